The Morgan fingerprint density at radius 1 is 1.22 bits per heavy atom. The number of carbonyl (C=O) groups is 1. The number of likely N-dealkylation sites (tertiary alicyclic amines) is 1. The molecule has 1 aromatic heterocycles. The van der Waals surface area contributed by atoms with Gasteiger partial charge in [0, 0.05) is 25.8 Å². The predicted octanol–water partition coefficient (Wildman–Crippen LogP) is 2.74. The maximum Gasteiger partial charge on any atom is 0.255 e. The molecule has 3 rings (SSSR count). The highest BCUT2D eigenvalue weighted by Gasteiger charge is 2.22. The van der Waals surface area contributed by atoms with Gasteiger partial charge in [0.15, 0.2) is 11.5 Å². The lowest BCUT2D eigenvalue weighted by atomic mass is 9.97. The maximum atomic E-state index is 12.6. The van der Waals surface area contributed by atoms with Crippen LogP contribution in [0.5, 0.6) is 11.5 Å². The maximum absolute atomic E-state index is 12.6. The number of rotatable bonds is 7. The molecule has 6 heteroatoms. The third-order valence-electron chi connectivity index (χ3n) is 4.91. The van der Waals surface area contributed by atoms with Gasteiger partial charge in [-0.25, -0.2) is 0 Å². The van der Waals surface area contributed by atoms with Crippen molar-refractivity contribution in [3.63, 3.8) is 0 Å². The number of para-hydroxylation sites is 1. The van der Waals surface area contributed by atoms with Crippen LogP contribution in [-0.2, 0) is 6.54 Å². The van der Waals surface area contributed by atoms with Gasteiger partial charge in [-0.3, -0.25) is 14.7 Å². The first kappa shape index (κ1) is 19.2. The fraction of sp³-hybridized carbons (Fsp3) is 0.429. The molecule has 1 saturated heterocycles. The van der Waals surface area contributed by atoms with E-state index in [1.54, 1.807) is 32.4 Å². The van der Waals surface area contributed by atoms with E-state index in [1.165, 1.54) is 0 Å². The summed E-state index contributed by atoms with van der Waals surface area (Å²) < 4.78 is 10.6. The summed E-state index contributed by atoms with van der Waals surface area (Å²) in [4.78, 5) is 19.5. The van der Waals surface area contributed by atoms with Crippen LogP contribution < -0.4 is 14.8 Å². The number of pyridine rings is 1. The standard InChI is InChI=1S/C21H27N3O3/c1-26-19-10-5-9-18(20(19)27-2)21(25)23-13-16-7-6-12-24(14-16)15-17-8-3-4-11-22-17/h3-5,8-11,16H,6-7,12-15H2,1-2H3,(H,23,25)/t16-/m1/s1. The highest BCUT2D eigenvalue weighted by Crippen LogP contribution is 2.30. The average Bonchev–Trinajstić information content (AvgIpc) is 2.72. The molecule has 0 unspecified atom stereocenters. The summed E-state index contributed by atoms with van der Waals surface area (Å²) in [5.41, 5.74) is 1.58. The van der Waals surface area contributed by atoms with Gasteiger partial charge in [-0.2, -0.15) is 0 Å². The van der Waals surface area contributed by atoms with E-state index in [4.69, 9.17) is 9.47 Å². The quantitative estimate of drug-likeness (QED) is 0.813. The molecule has 1 atom stereocenters. The van der Waals surface area contributed by atoms with Crippen LogP contribution in [-0.4, -0.2) is 49.6 Å². The molecule has 1 amide bonds. The molecule has 2 heterocycles. The molecule has 27 heavy (non-hydrogen) atoms. The highest BCUT2D eigenvalue weighted by atomic mass is 16.5. The number of hydrogen-bond donors (Lipinski definition) is 1. The minimum atomic E-state index is -0.132. The van der Waals surface area contributed by atoms with Gasteiger partial charge in [-0.05, 0) is 49.6 Å². The van der Waals surface area contributed by atoms with E-state index in [9.17, 15) is 4.79 Å². The van der Waals surface area contributed by atoms with Crippen molar-refractivity contribution >= 4 is 5.91 Å². The molecule has 1 aromatic carbocycles. The first-order chi connectivity index (χ1) is 13.2. The molecule has 0 bridgehead atoms. The largest absolute Gasteiger partial charge is 0.493 e. The topological polar surface area (TPSA) is 63.7 Å². The Labute approximate surface area is 160 Å². The van der Waals surface area contributed by atoms with Crippen LogP contribution in [0.4, 0.5) is 0 Å². The van der Waals surface area contributed by atoms with Crippen LogP contribution in [0.2, 0.25) is 0 Å². The second-order valence-electron chi connectivity index (χ2n) is 6.82. The summed E-state index contributed by atoms with van der Waals surface area (Å²) in [5, 5.41) is 3.06. The summed E-state index contributed by atoms with van der Waals surface area (Å²) in [6, 6.07) is 11.3. The second kappa shape index (κ2) is 9.37. The van der Waals surface area contributed by atoms with Crippen LogP contribution in [0.3, 0.4) is 0 Å². The Morgan fingerprint density at radius 3 is 2.85 bits per heavy atom. The molecule has 0 spiro atoms. The first-order valence-electron chi connectivity index (χ1n) is 9.32. The van der Waals surface area contributed by atoms with Crippen LogP contribution in [0.25, 0.3) is 0 Å². The molecule has 6 nitrogen and oxygen atoms in total. The fourth-order valence-electron chi connectivity index (χ4n) is 3.58. The van der Waals surface area contributed by atoms with Crippen LogP contribution >= 0.6 is 0 Å². The van der Waals surface area contributed by atoms with Gasteiger partial charge in [0.1, 0.15) is 0 Å². The molecule has 0 aliphatic carbocycles. The molecule has 0 saturated carbocycles. The summed E-state index contributed by atoms with van der Waals surface area (Å²) in [6.07, 6.45) is 4.09. The third-order valence-corrected chi connectivity index (χ3v) is 4.91. The molecule has 0 radical (unpaired) electrons. The molecule has 1 aliphatic rings. The summed E-state index contributed by atoms with van der Waals surface area (Å²) in [7, 11) is 3.11. The van der Waals surface area contributed by atoms with Gasteiger partial charge in [0.05, 0.1) is 25.5 Å². The highest BCUT2D eigenvalue weighted by molar-refractivity contribution is 5.97. The van der Waals surface area contributed by atoms with E-state index in [-0.39, 0.29) is 5.91 Å². The Balaban J connectivity index is 1.56. The van der Waals surface area contributed by atoms with Crippen molar-refractivity contribution in [3.8, 4) is 11.5 Å². The van der Waals surface area contributed by atoms with Gasteiger partial charge < -0.3 is 14.8 Å². The smallest absolute Gasteiger partial charge is 0.255 e. The number of amides is 1. The van der Waals surface area contributed by atoms with E-state index in [2.05, 4.69) is 21.3 Å². The van der Waals surface area contributed by atoms with E-state index in [0.717, 1.165) is 38.2 Å². The fourth-order valence-corrected chi connectivity index (χ4v) is 3.58. The average molecular weight is 369 g/mol. The number of hydrogen-bond acceptors (Lipinski definition) is 5. The van der Waals surface area contributed by atoms with Crippen molar-refractivity contribution in [3.05, 3.63) is 53.9 Å². The minimum absolute atomic E-state index is 0.132. The van der Waals surface area contributed by atoms with E-state index < -0.39 is 0 Å². The summed E-state index contributed by atoms with van der Waals surface area (Å²) in [5.74, 6) is 1.33. The number of methoxy groups -OCH3 is 2. The van der Waals surface area contributed by atoms with Crippen LogP contribution in [0, 0.1) is 5.92 Å². The Hall–Kier alpha value is -2.60. The molecular weight excluding hydrogens is 342 g/mol. The van der Waals surface area contributed by atoms with Crippen LogP contribution in [0.15, 0.2) is 42.6 Å². The van der Waals surface area contributed by atoms with Gasteiger partial charge in [0.25, 0.3) is 5.91 Å². The van der Waals surface area contributed by atoms with E-state index in [1.807, 2.05) is 18.3 Å². The molecule has 1 aliphatic heterocycles. The van der Waals surface area contributed by atoms with Crippen molar-refractivity contribution in [1.29, 1.82) is 0 Å². The van der Waals surface area contributed by atoms with Crippen molar-refractivity contribution in [2.75, 3.05) is 33.9 Å². The lowest BCUT2D eigenvalue weighted by Crippen LogP contribution is -2.40. The van der Waals surface area contributed by atoms with Gasteiger partial charge in [-0.15, -0.1) is 0 Å². The Morgan fingerprint density at radius 2 is 2.11 bits per heavy atom. The first-order valence-corrected chi connectivity index (χ1v) is 9.32. The zero-order valence-electron chi connectivity index (χ0n) is 16.0. The number of piperidine rings is 1. The van der Waals surface area contributed by atoms with Crippen molar-refractivity contribution < 1.29 is 14.3 Å². The zero-order valence-corrected chi connectivity index (χ0v) is 16.0. The number of benzene rings is 1. The van der Waals surface area contributed by atoms with Crippen molar-refractivity contribution in [2.24, 2.45) is 5.92 Å². The molecule has 2 aromatic rings. The number of carbonyl (C=O) groups excluding carboxylic acids is 1. The van der Waals surface area contributed by atoms with Crippen molar-refractivity contribution in [1.82, 2.24) is 15.2 Å². The Bertz CT molecular complexity index is 752. The lowest BCUT2D eigenvalue weighted by molar-refractivity contribution is 0.0926. The van der Waals surface area contributed by atoms with Crippen molar-refractivity contribution in [2.45, 2.75) is 19.4 Å². The van der Waals surface area contributed by atoms with Gasteiger partial charge in [0.2, 0.25) is 0 Å². The summed E-state index contributed by atoms with van der Waals surface area (Å²) >= 11 is 0. The second-order valence-corrected chi connectivity index (χ2v) is 6.82. The summed E-state index contributed by atoms with van der Waals surface area (Å²) in [6.45, 7) is 3.55. The molecular formula is C21H27N3O3. The molecule has 1 fully saturated rings. The minimum Gasteiger partial charge on any atom is -0.493 e. The Kier molecular flexibility index (Phi) is 6.65. The third kappa shape index (κ3) is 4.98. The zero-order chi connectivity index (χ0) is 19.1. The SMILES string of the molecule is COc1cccc(C(=O)NC[C@H]2CCCN(Cc3ccccn3)C2)c1OC. The van der Waals surface area contributed by atoms with Gasteiger partial charge >= 0.3 is 0 Å². The molecule has 1 N–H and O–H groups in total. The molecule has 144 valence electrons. The normalized spacial score (nSPS) is 17.3. The number of aromatic nitrogens is 1. The predicted molar refractivity (Wildman–Crippen MR) is 104 cm³/mol. The van der Waals surface area contributed by atoms with Gasteiger partial charge in [-0.1, -0.05) is 12.1 Å². The number of ether oxygens (including phenoxy) is 2. The van der Waals surface area contributed by atoms with E-state index >= 15 is 0 Å². The number of nitrogens with one attached hydrogen (secondary N) is 1. The number of nitrogens with zero attached hydrogens (tertiary/aromatic N) is 2. The van der Waals surface area contributed by atoms with E-state index in [0.29, 0.717) is 29.5 Å². The van der Waals surface area contributed by atoms with Crippen LogP contribution in [0.1, 0.15) is 28.9 Å². The lowest BCUT2D eigenvalue weighted by Gasteiger charge is -2.32. The monoisotopic (exact) mass is 369 g/mol.